The zero-order valence-corrected chi connectivity index (χ0v) is 10.6. The molecule has 1 aromatic heterocycles. The third-order valence-corrected chi connectivity index (χ3v) is 3.69. The molecule has 0 radical (unpaired) electrons. The Morgan fingerprint density at radius 3 is 2.30 bits per heavy atom. The van der Waals surface area contributed by atoms with Gasteiger partial charge >= 0.3 is 7.12 Å². The molecule has 4 aromatic rings. The van der Waals surface area contributed by atoms with Crippen LogP contribution in [-0.4, -0.2) is 17.2 Å². The van der Waals surface area contributed by atoms with Crippen molar-refractivity contribution in [3.8, 4) is 0 Å². The summed E-state index contributed by atoms with van der Waals surface area (Å²) in [5, 5.41) is 23.1. The van der Waals surface area contributed by atoms with Gasteiger partial charge in [0.05, 0.1) is 0 Å². The summed E-state index contributed by atoms with van der Waals surface area (Å²) < 4.78 is 5.83. The van der Waals surface area contributed by atoms with Crippen molar-refractivity contribution in [2.24, 2.45) is 0 Å². The van der Waals surface area contributed by atoms with Crippen molar-refractivity contribution in [1.29, 1.82) is 0 Å². The molecule has 3 aromatic carbocycles. The largest absolute Gasteiger partial charge is 0.492 e. The highest BCUT2D eigenvalue weighted by atomic mass is 16.4. The normalized spacial score (nSPS) is 11.5. The molecular formula is C16H11BO3. The van der Waals surface area contributed by atoms with E-state index in [1.807, 2.05) is 54.6 Å². The molecule has 0 saturated heterocycles. The lowest BCUT2D eigenvalue weighted by molar-refractivity contribution is 0.426. The van der Waals surface area contributed by atoms with Crippen molar-refractivity contribution in [2.45, 2.75) is 0 Å². The van der Waals surface area contributed by atoms with Crippen LogP contribution in [0.4, 0.5) is 0 Å². The van der Waals surface area contributed by atoms with Crippen molar-refractivity contribution >= 4 is 45.3 Å². The van der Waals surface area contributed by atoms with Crippen LogP contribution in [0.3, 0.4) is 0 Å². The fourth-order valence-electron chi connectivity index (χ4n) is 2.81. The minimum absolute atomic E-state index is 0.425. The third kappa shape index (κ3) is 1.49. The van der Waals surface area contributed by atoms with Crippen LogP contribution in [0.2, 0.25) is 0 Å². The Morgan fingerprint density at radius 1 is 0.800 bits per heavy atom. The molecule has 2 N–H and O–H groups in total. The van der Waals surface area contributed by atoms with Gasteiger partial charge in [0.1, 0.15) is 11.2 Å². The predicted octanol–water partition coefficient (Wildman–Crippen LogP) is 2.42. The summed E-state index contributed by atoms with van der Waals surface area (Å²) in [4.78, 5) is 0. The van der Waals surface area contributed by atoms with Crippen molar-refractivity contribution in [1.82, 2.24) is 0 Å². The van der Waals surface area contributed by atoms with E-state index in [0.29, 0.717) is 11.0 Å². The molecule has 4 heteroatoms. The Bertz CT molecular complexity index is 940. The van der Waals surface area contributed by atoms with E-state index in [-0.39, 0.29) is 0 Å². The molecule has 0 amide bonds. The van der Waals surface area contributed by atoms with Crippen molar-refractivity contribution in [3.63, 3.8) is 0 Å². The van der Waals surface area contributed by atoms with Crippen molar-refractivity contribution in [2.75, 3.05) is 0 Å². The molecule has 20 heavy (non-hydrogen) atoms. The number of para-hydroxylation sites is 1. The second-order valence-electron chi connectivity index (χ2n) is 4.86. The fourth-order valence-corrected chi connectivity index (χ4v) is 2.81. The van der Waals surface area contributed by atoms with Crippen LogP contribution in [-0.2, 0) is 0 Å². The lowest BCUT2D eigenvalue weighted by Gasteiger charge is -2.06. The molecule has 0 saturated carbocycles. The van der Waals surface area contributed by atoms with Gasteiger partial charge in [-0.1, -0.05) is 42.5 Å². The summed E-state index contributed by atoms with van der Waals surface area (Å²) in [6, 6.07) is 17.4. The van der Waals surface area contributed by atoms with Crippen LogP contribution >= 0.6 is 0 Å². The summed E-state index contributed by atoms with van der Waals surface area (Å²) in [7, 11) is -1.57. The summed E-state index contributed by atoms with van der Waals surface area (Å²) in [6.07, 6.45) is 0. The maximum Gasteiger partial charge on any atom is 0.492 e. The first-order chi connectivity index (χ1) is 9.75. The average Bonchev–Trinajstić information content (AvgIpc) is 2.82. The lowest BCUT2D eigenvalue weighted by atomic mass is 9.76. The van der Waals surface area contributed by atoms with E-state index in [1.165, 1.54) is 0 Å². The Labute approximate surface area is 115 Å². The first kappa shape index (κ1) is 11.5. The summed E-state index contributed by atoms with van der Waals surface area (Å²) in [5.74, 6) is 0. The molecule has 0 atom stereocenters. The summed E-state index contributed by atoms with van der Waals surface area (Å²) >= 11 is 0. The zero-order chi connectivity index (χ0) is 13.7. The second kappa shape index (κ2) is 4.10. The van der Waals surface area contributed by atoms with E-state index in [4.69, 9.17) is 4.42 Å². The molecule has 0 bridgehead atoms. The van der Waals surface area contributed by atoms with Gasteiger partial charge in [0.2, 0.25) is 0 Å². The highest BCUT2D eigenvalue weighted by molar-refractivity contribution is 6.65. The van der Waals surface area contributed by atoms with Gasteiger partial charge in [-0.25, -0.2) is 0 Å². The molecule has 0 fully saturated rings. The summed E-state index contributed by atoms with van der Waals surface area (Å²) in [6.45, 7) is 0. The maximum absolute atomic E-state index is 9.74. The number of benzene rings is 3. The molecule has 1 heterocycles. The molecule has 96 valence electrons. The molecular weight excluding hydrogens is 251 g/mol. The van der Waals surface area contributed by atoms with Gasteiger partial charge in [-0.15, -0.1) is 0 Å². The van der Waals surface area contributed by atoms with Crippen LogP contribution in [0, 0.1) is 0 Å². The first-order valence-electron chi connectivity index (χ1n) is 6.45. The highest BCUT2D eigenvalue weighted by Gasteiger charge is 2.22. The number of fused-ring (bicyclic) bond motifs is 4. The van der Waals surface area contributed by atoms with Gasteiger partial charge in [-0.2, -0.15) is 0 Å². The van der Waals surface area contributed by atoms with Crippen molar-refractivity contribution < 1.29 is 14.5 Å². The number of rotatable bonds is 1. The van der Waals surface area contributed by atoms with Crippen LogP contribution in [0.15, 0.2) is 59.0 Å². The number of hydrogen-bond acceptors (Lipinski definition) is 3. The second-order valence-corrected chi connectivity index (χ2v) is 4.86. The molecule has 0 aliphatic rings. The zero-order valence-electron chi connectivity index (χ0n) is 10.6. The van der Waals surface area contributed by atoms with Gasteiger partial charge in [0.15, 0.2) is 0 Å². The van der Waals surface area contributed by atoms with Crippen LogP contribution < -0.4 is 5.46 Å². The molecule has 3 nitrogen and oxygen atoms in total. The van der Waals surface area contributed by atoms with Crippen LogP contribution in [0.25, 0.3) is 32.7 Å². The minimum atomic E-state index is -1.57. The third-order valence-electron chi connectivity index (χ3n) is 3.69. The Balaban J connectivity index is 2.31. The number of hydrogen-bond donors (Lipinski definition) is 2. The van der Waals surface area contributed by atoms with Crippen LogP contribution in [0.5, 0.6) is 0 Å². The smallest absolute Gasteiger partial charge is 0.456 e. The van der Waals surface area contributed by atoms with Gasteiger partial charge in [-0.05, 0) is 22.9 Å². The first-order valence-corrected chi connectivity index (χ1v) is 6.45. The minimum Gasteiger partial charge on any atom is -0.456 e. The fraction of sp³-hybridized carbons (Fsp3) is 0. The average molecular weight is 262 g/mol. The van der Waals surface area contributed by atoms with Gasteiger partial charge < -0.3 is 14.5 Å². The quantitative estimate of drug-likeness (QED) is 0.518. The SMILES string of the molecule is OB(O)c1c2ccccc2cc2c1oc1ccccc12. The van der Waals surface area contributed by atoms with Gasteiger partial charge in [-0.3, -0.25) is 0 Å². The standard InChI is InChI=1S/C16H11BO3/c18-17(19)15-11-6-2-1-5-10(11)9-13-12-7-3-4-8-14(12)20-16(13)15/h1-9,18-19H. The van der Waals surface area contributed by atoms with Gasteiger partial charge in [0.25, 0.3) is 0 Å². The van der Waals surface area contributed by atoms with Crippen molar-refractivity contribution in [3.05, 3.63) is 54.6 Å². The molecule has 0 unspecified atom stereocenters. The molecule has 0 spiro atoms. The molecule has 0 aliphatic carbocycles. The maximum atomic E-state index is 9.74. The summed E-state index contributed by atoms with van der Waals surface area (Å²) in [5.41, 5.74) is 1.72. The Hall–Kier alpha value is -2.30. The van der Waals surface area contributed by atoms with E-state index in [9.17, 15) is 10.0 Å². The molecule has 0 aliphatic heterocycles. The lowest BCUT2D eigenvalue weighted by Crippen LogP contribution is -2.31. The predicted molar refractivity (Wildman–Crippen MR) is 81.1 cm³/mol. The topological polar surface area (TPSA) is 53.6 Å². The van der Waals surface area contributed by atoms with E-state index >= 15 is 0 Å². The Kier molecular flexibility index (Phi) is 2.36. The van der Waals surface area contributed by atoms with Gasteiger partial charge in [0, 0.05) is 16.2 Å². The molecule has 4 rings (SSSR count). The Morgan fingerprint density at radius 2 is 1.50 bits per heavy atom. The van der Waals surface area contributed by atoms with Crippen LogP contribution in [0.1, 0.15) is 0 Å². The monoisotopic (exact) mass is 262 g/mol. The van der Waals surface area contributed by atoms with E-state index < -0.39 is 7.12 Å². The highest BCUT2D eigenvalue weighted by Crippen LogP contribution is 2.30. The number of furan rings is 1. The van der Waals surface area contributed by atoms with E-state index in [1.54, 1.807) is 0 Å². The van der Waals surface area contributed by atoms with E-state index in [2.05, 4.69) is 0 Å². The van der Waals surface area contributed by atoms with E-state index in [0.717, 1.165) is 27.1 Å².